The second kappa shape index (κ2) is 5.50. The summed E-state index contributed by atoms with van der Waals surface area (Å²) >= 11 is 0. The average molecular weight is 231 g/mol. The van der Waals surface area contributed by atoms with Crippen LogP contribution in [0.4, 0.5) is 5.82 Å². The van der Waals surface area contributed by atoms with Gasteiger partial charge in [-0.25, -0.2) is 4.68 Å². The highest BCUT2D eigenvalue weighted by atomic mass is 16.5. The molecule has 1 aromatic heterocycles. The van der Waals surface area contributed by atoms with E-state index in [9.17, 15) is 0 Å². The molecule has 90 valence electrons. The first kappa shape index (κ1) is 11.7. The minimum atomic E-state index is 0.655. The summed E-state index contributed by atoms with van der Waals surface area (Å²) in [5.74, 6) is 0.655. The molecule has 0 aliphatic heterocycles. The lowest BCUT2D eigenvalue weighted by Crippen LogP contribution is -2.02. The van der Waals surface area contributed by atoms with Crippen LogP contribution in [0.3, 0.4) is 0 Å². The fourth-order valence-electron chi connectivity index (χ4n) is 1.67. The zero-order chi connectivity index (χ0) is 12.1. The van der Waals surface area contributed by atoms with Gasteiger partial charge in [0.05, 0.1) is 18.0 Å². The van der Waals surface area contributed by atoms with Crippen LogP contribution in [0.15, 0.2) is 36.4 Å². The molecule has 0 bridgehead atoms. The Labute approximate surface area is 101 Å². The summed E-state index contributed by atoms with van der Waals surface area (Å²) in [4.78, 5) is 0. The molecule has 0 radical (unpaired) electrons. The van der Waals surface area contributed by atoms with Crippen molar-refractivity contribution in [3.05, 3.63) is 42.1 Å². The number of anilines is 1. The van der Waals surface area contributed by atoms with Gasteiger partial charge in [0.25, 0.3) is 0 Å². The van der Waals surface area contributed by atoms with Crippen LogP contribution in [0.5, 0.6) is 0 Å². The number of rotatable bonds is 5. The van der Waals surface area contributed by atoms with Crippen molar-refractivity contribution in [3.63, 3.8) is 0 Å². The number of hydrogen-bond acceptors (Lipinski definition) is 3. The topological polar surface area (TPSA) is 53.1 Å². The highest BCUT2D eigenvalue weighted by Crippen LogP contribution is 2.14. The van der Waals surface area contributed by atoms with Crippen LogP contribution < -0.4 is 5.73 Å². The first-order valence-electron chi connectivity index (χ1n) is 5.79. The molecule has 0 unspecified atom stereocenters. The normalized spacial score (nSPS) is 10.6. The van der Waals surface area contributed by atoms with Gasteiger partial charge < -0.3 is 10.5 Å². The zero-order valence-electron chi connectivity index (χ0n) is 9.97. The molecule has 2 aromatic rings. The molecule has 17 heavy (non-hydrogen) atoms. The molecular weight excluding hydrogens is 214 g/mol. The van der Waals surface area contributed by atoms with Gasteiger partial charge in [0, 0.05) is 19.1 Å². The van der Waals surface area contributed by atoms with Crippen LogP contribution in [-0.4, -0.2) is 23.0 Å². The molecule has 0 saturated heterocycles. The second-order valence-corrected chi connectivity index (χ2v) is 3.75. The van der Waals surface area contributed by atoms with E-state index in [4.69, 9.17) is 10.5 Å². The van der Waals surface area contributed by atoms with Gasteiger partial charge in [0.1, 0.15) is 5.82 Å². The van der Waals surface area contributed by atoms with Crippen molar-refractivity contribution in [1.82, 2.24) is 9.78 Å². The minimum Gasteiger partial charge on any atom is -0.384 e. The fraction of sp³-hybridized carbons (Fsp3) is 0.308. The third-order valence-corrected chi connectivity index (χ3v) is 2.49. The largest absolute Gasteiger partial charge is 0.384 e. The molecule has 0 spiro atoms. The second-order valence-electron chi connectivity index (χ2n) is 3.75. The Morgan fingerprint density at radius 2 is 2.06 bits per heavy atom. The summed E-state index contributed by atoms with van der Waals surface area (Å²) in [6.07, 6.45) is 0.790. The van der Waals surface area contributed by atoms with Crippen LogP contribution >= 0.6 is 0 Å². The Morgan fingerprint density at radius 3 is 2.76 bits per heavy atom. The maximum Gasteiger partial charge on any atom is 0.127 e. The molecule has 0 saturated carbocycles. The smallest absolute Gasteiger partial charge is 0.127 e. The third-order valence-electron chi connectivity index (χ3n) is 2.49. The average Bonchev–Trinajstić information content (AvgIpc) is 2.72. The van der Waals surface area contributed by atoms with Crippen molar-refractivity contribution in [2.45, 2.75) is 13.3 Å². The van der Waals surface area contributed by atoms with Crippen LogP contribution in [-0.2, 0) is 11.2 Å². The highest BCUT2D eigenvalue weighted by Gasteiger charge is 2.06. The van der Waals surface area contributed by atoms with Gasteiger partial charge in [-0.05, 0) is 19.1 Å². The van der Waals surface area contributed by atoms with Crippen molar-refractivity contribution < 1.29 is 4.74 Å². The summed E-state index contributed by atoms with van der Waals surface area (Å²) in [6, 6.07) is 11.8. The van der Waals surface area contributed by atoms with E-state index in [-0.39, 0.29) is 0 Å². The van der Waals surface area contributed by atoms with E-state index in [1.165, 1.54) is 0 Å². The van der Waals surface area contributed by atoms with Gasteiger partial charge in [-0.3, -0.25) is 0 Å². The van der Waals surface area contributed by atoms with Gasteiger partial charge in [-0.15, -0.1) is 0 Å². The van der Waals surface area contributed by atoms with E-state index >= 15 is 0 Å². The summed E-state index contributed by atoms with van der Waals surface area (Å²) in [7, 11) is 0. The standard InChI is InChI=1S/C13H17N3O/c1-2-17-9-8-11-10-13(14)16(15-11)12-6-4-3-5-7-12/h3-7,10H,2,8-9,14H2,1H3. The number of nitrogens with two attached hydrogens (primary N) is 1. The lowest BCUT2D eigenvalue weighted by molar-refractivity contribution is 0.150. The van der Waals surface area contributed by atoms with Crippen molar-refractivity contribution in [3.8, 4) is 5.69 Å². The number of nitrogens with zero attached hydrogens (tertiary/aromatic N) is 2. The Bertz CT molecular complexity index is 465. The molecule has 0 atom stereocenters. The first-order chi connectivity index (χ1) is 8.31. The summed E-state index contributed by atoms with van der Waals surface area (Å²) in [5.41, 5.74) is 7.87. The number of ether oxygens (including phenoxy) is 1. The zero-order valence-corrected chi connectivity index (χ0v) is 9.97. The van der Waals surface area contributed by atoms with Crippen LogP contribution in [0.25, 0.3) is 5.69 Å². The van der Waals surface area contributed by atoms with Crippen molar-refractivity contribution in [2.24, 2.45) is 0 Å². The molecule has 1 aromatic carbocycles. The molecular formula is C13H17N3O. The quantitative estimate of drug-likeness (QED) is 0.801. The number of para-hydroxylation sites is 1. The Morgan fingerprint density at radius 1 is 1.29 bits per heavy atom. The van der Waals surface area contributed by atoms with E-state index in [2.05, 4.69) is 5.10 Å². The van der Waals surface area contributed by atoms with E-state index in [0.717, 1.165) is 24.4 Å². The van der Waals surface area contributed by atoms with Crippen molar-refractivity contribution in [2.75, 3.05) is 18.9 Å². The van der Waals surface area contributed by atoms with Gasteiger partial charge in [-0.1, -0.05) is 18.2 Å². The van der Waals surface area contributed by atoms with E-state index in [1.807, 2.05) is 43.3 Å². The lowest BCUT2D eigenvalue weighted by Gasteiger charge is -2.02. The third kappa shape index (κ3) is 2.85. The monoisotopic (exact) mass is 231 g/mol. The van der Waals surface area contributed by atoms with Crippen LogP contribution in [0, 0.1) is 0 Å². The first-order valence-corrected chi connectivity index (χ1v) is 5.79. The van der Waals surface area contributed by atoms with E-state index < -0.39 is 0 Å². The van der Waals surface area contributed by atoms with Crippen LogP contribution in [0.2, 0.25) is 0 Å². The molecule has 0 aliphatic rings. The molecule has 2 N–H and O–H groups in total. The molecule has 2 rings (SSSR count). The number of hydrogen-bond donors (Lipinski definition) is 1. The molecule has 0 amide bonds. The highest BCUT2D eigenvalue weighted by molar-refractivity contribution is 5.42. The van der Waals surface area contributed by atoms with Crippen LogP contribution in [0.1, 0.15) is 12.6 Å². The number of nitrogen functional groups attached to an aromatic ring is 1. The van der Waals surface area contributed by atoms with Crippen molar-refractivity contribution in [1.29, 1.82) is 0 Å². The van der Waals surface area contributed by atoms with Gasteiger partial charge >= 0.3 is 0 Å². The van der Waals surface area contributed by atoms with Gasteiger partial charge in [0.15, 0.2) is 0 Å². The molecule has 4 heteroatoms. The summed E-state index contributed by atoms with van der Waals surface area (Å²) in [6.45, 7) is 3.40. The SMILES string of the molecule is CCOCCc1cc(N)n(-c2ccccc2)n1. The maximum atomic E-state index is 5.94. The van der Waals surface area contributed by atoms with Gasteiger partial charge in [0.2, 0.25) is 0 Å². The summed E-state index contributed by atoms with van der Waals surface area (Å²) in [5, 5.41) is 4.46. The predicted molar refractivity (Wildman–Crippen MR) is 68.2 cm³/mol. The fourth-order valence-corrected chi connectivity index (χ4v) is 1.67. The number of benzene rings is 1. The number of aromatic nitrogens is 2. The maximum absolute atomic E-state index is 5.94. The Balaban J connectivity index is 2.14. The minimum absolute atomic E-state index is 0.655. The van der Waals surface area contributed by atoms with Crippen molar-refractivity contribution >= 4 is 5.82 Å². The molecule has 0 aliphatic carbocycles. The Kier molecular flexibility index (Phi) is 3.77. The Hall–Kier alpha value is -1.81. The molecule has 1 heterocycles. The molecule has 4 nitrogen and oxygen atoms in total. The summed E-state index contributed by atoms with van der Waals surface area (Å²) < 4.78 is 7.05. The molecule has 0 fully saturated rings. The van der Waals surface area contributed by atoms with E-state index in [0.29, 0.717) is 12.4 Å². The van der Waals surface area contributed by atoms with E-state index in [1.54, 1.807) is 4.68 Å². The lowest BCUT2D eigenvalue weighted by atomic mass is 10.3. The predicted octanol–water partition coefficient (Wildman–Crippen LogP) is 2.03. The van der Waals surface area contributed by atoms with Gasteiger partial charge in [-0.2, -0.15) is 5.10 Å².